The monoisotopic (exact) mass is 735 g/mol. The largest absolute Gasteiger partial charge is 0.453 e. The van der Waals surface area contributed by atoms with E-state index in [-0.39, 0.29) is 59.3 Å². The lowest BCUT2D eigenvalue weighted by atomic mass is 9.92. The highest BCUT2D eigenvalue weighted by molar-refractivity contribution is 5.86. The third-order valence-corrected chi connectivity index (χ3v) is 11.7. The van der Waals surface area contributed by atoms with Gasteiger partial charge in [-0.25, -0.2) is 23.5 Å². The lowest BCUT2D eigenvalue weighted by molar-refractivity contribution is -0.136. The predicted octanol–water partition coefficient (Wildman–Crippen LogP) is 5.15. The number of nitrogens with zero attached hydrogens (tertiary/aromatic N) is 5. The van der Waals surface area contributed by atoms with Crippen LogP contribution in [0.15, 0.2) is 24.5 Å². The zero-order valence-corrected chi connectivity index (χ0v) is 31.1. The summed E-state index contributed by atoms with van der Waals surface area (Å²) in [6.07, 6.45) is 7.40. The average Bonchev–Trinajstić information content (AvgIpc) is 3.66. The Labute approximate surface area is 308 Å². The van der Waals surface area contributed by atoms with Gasteiger partial charge in [-0.2, -0.15) is 0 Å². The van der Waals surface area contributed by atoms with Crippen molar-refractivity contribution in [2.75, 3.05) is 31.6 Å². The van der Waals surface area contributed by atoms with Crippen molar-refractivity contribution >= 4 is 23.6 Å². The smallest absolute Gasteiger partial charge is 0.407 e. The van der Waals surface area contributed by atoms with Gasteiger partial charge < -0.3 is 40.5 Å². The van der Waals surface area contributed by atoms with Gasteiger partial charge in [-0.3, -0.25) is 9.59 Å². The lowest BCUT2D eigenvalue weighted by Gasteiger charge is -2.33. The van der Waals surface area contributed by atoms with Crippen LogP contribution in [0.1, 0.15) is 102 Å². The first-order valence-electron chi connectivity index (χ1n) is 18.9. The van der Waals surface area contributed by atoms with Gasteiger partial charge in [-0.05, 0) is 68.4 Å². The van der Waals surface area contributed by atoms with Gasteiger partial charge in [-0.1, -0.05) is 27.7 Å². The minimum atomic E-state index is -0.768. The number of carbonyl (C=O) groups is 3. The number of benzene rings is 1. The second-order valence-corrected chi connectivity index (χ2v) is 15.8. The number of ether oxygens (including phenoxy) is 1. The van der Waals surface area contributed by atoms with Crippen LogP contribution in [0.3, 0.4) is 0 Å². The first kappa shape index (κ1) is 36.8. The van der Waals surface area contributed by atoms with Gasteiger partial charge in [0.25, 0.3) is 0 Å². The number of halogens is 2. The summed E-state index contributed by atoms with van der Waals surface area (Å²) in [7, 11) is 1.25. The molecule has 13 nitrogen and oxygen atoms in total. The number of aromatic nitrogens is 4. The van der Waals surface area contributed by atoms with Crippen LogP contribution < -0.4 is 16.0 Å². The summed E-state index contributed by atoms with van der Waals surface area (Å²) in [6, 6.07) is 0.881. The number of piperidine rings is 1. The van der Waals surface area contributed by atoms with E-state index in [9.17, 15) is 14.4 Å². The summed E-state index contributed by atoms with van der Waals surface area (Å²) in [4.78, 5) is 59.9. The first-order valence-corrected chi connectivity index (χ1v) is 18.9. The second kappa shape index (κ2) is 14.7. The minimum absolute atomic E-state index is 0.0110. The van der Waals surface area contributed by atoms with E-state index in [4.69, 9.17) is 15.5 Å². The van der Waals surface area contributed by atoms with E-state index in [2.05, 4.69) is 20.3 Å². The Morgan fingerprint density at radius 2 is 1.51 bits per heavy atom. The van der Waals surface area contributed by atoms with Crippen LogP contribution in [0.2, 0.25) is 0 Å². The molecule has 3 amide bonds. The predicted molar refractivity (Wildman–Crippen MR) is 193 cm³/mol. The highest BCUT2D eigenvalue weighted by Crippen LogP contribution is 2.53. The van der Waals surface area contributed by atoms with Crippen molar-refractivity contribution in [1.29, 1.82) is 0 Å². The number of carbonyl (C=O) groups excluding carboxylic acids is 3. The molecular formula is C38H51F2N9O4. The van der Waals surface area contributed by atoms with Gasteiger partial charge in [0.1, 0.15) is 35.0 Å². The summed E-state index contributed by atoms with van der Waals surface area (Å²) in [5.41, 5.74) is 7.97. The molecule has 15 heteroatoms. The molecule has 2 aromatic heterocycles. The molecule has 5 heterocycles. The Morgan fingerprint density at radius 1 is 0.887 bits per heavy atom. The fourth-order valence-electron chi connectivity index (χ4n) is 8.65. The Kier molecular flexibility index (Phi) is 10.2. The molecule has 1 aromatic carbocycles. The summed E-state index contributed by atoms with van der Waals surface area (Å²) in [5.74, 6) is 0.0368. The molecule has 0 bridgehead atoms. The summed E-state index contributed by atoms with van der Waals surface area (Å²) < 4.78 is 36.5. The molecule has 7 atom stereocenters. The number of methoxy groups -OCH3 is 1. The van der Waals surface area contributed by atoms with Crippen molar-refractivity contribution < 1.29 is 27.9 Å². The summed E-state index contributed by atoms with van der Waals surface area (Å²) in [6.45, 7) is 9.26. The van der Waals surface area contributed by atoms with Gasteiger partial charge in [0, 0.05) is 49.0 Å². The highest BCUT2D eigenvalue weighted by Gasteiger charge is 2.52. The average molecular weight is 736 g/mol. The first-order chi connectivity index (χ1) is 25.4. The number of H-pyrrole nitrogens is 2. The van der Waals surface area contributed by atoms with E-state index in [1.54, 1.807) is 4.90 Å². The second-order valence-electron chi connectivity index (χ2n) is 15.8. The number of alkyl carbamates (subject to hydrolysis) is 1. The number of nitrogens with one attached hydrogen (secondary N) is 3. The SMILES string of the molecule is COC(=O)N[C@H](C(=O)N1CCC[C@H]1c1ncc(-c2cc(F)c(N3CCC(c4cnc([C@@H]5CCCN5C(=O)[C@@H](N)C(C)C)[nH]4)[C@H]4CC43)c(F)c2)[nH]1)C(C)C. The molecule has 2 unspecified atom stereocenters. The van der Waals surface area contributed by atoms with E-state index >= 15 is 8.78 Å². The number of fused-ring (bicyclic) bond motifs is 1. The van der Waals surface area contributed by atoms with Crippen LogP contribution in [0.4, 0.5) is 19.3 Å². The fourth-order valence-corrected chi connectivity index (χ4v) is 8.65. The molecule has 4 fully saturated rings. The number of rotatable bonds is 10. The van der Waals surface area contributed by atoms with Gasteiger partial charge in [0.2, 0.25) is 11.8 Å². The van der Waals surface area contributed by atoms with Gasteiger partial charge in [0.15, 0.2) is 0 Å². The normalized spacial score (nSPS) is 25.2. The van der Waals surface area contributed by atoms with Gasteiger partial charge in [0.05, 0.1) is 37.1 Å². The van der Waals surface area contributed by atoms with Crippen molar-refractivity contribution in [3.8, 4) is 11.3 Å². The Bertz CT molecular complexity index is 1820. The summed E-state index contributed by atoms with van der Waals surface area (Å²) in [5, 5.41) is 2.64. The molecule has 3 saturated heterocycles. The molecule has 0 spiro atoms. The molecule has 1 aliphatic carbocycles. The molecule has 0 radical (unpaired) electrons. The van der Waals surface area contributed by atoms with Crippen LogP contribution in [0.25, 0.3) is 11.3 Å². The number of anilines is 1. The minimum Gasteiger partial charge on any atom is -0.453 e. The Hall–Kier alpha value is -4.53. The third-order valence-electron chi connectivity index (χ3n) is 11.7. The van der Waals surface area contributed by atoms with Gasteiger partial charge >= 0.3 is 6.09 Å². The molecule has 1 saturated carbocycles. The van der Waals surface area contributed by atoms with Crippen molar-refractivity contribution in [1.82, 2.24) is 35.1 Å². The lowest BCUT2D eigenvalue weighted by Crippen LogP contribution is -2.51. The number of nitrogens with two attached hydrogens (primary N) is 1. The molecule has 5 N–H and O–H groups in total. The van der Waals surface area contributed by atoms with Crippen LogP contribution in [-0.4, -0.2) is 92.5 Å². The number of amides is 3. The Balaban J connectivity index is 1.02. The standard InChI is InChI=1S/C38H51F2N9O4/c1-19(2)31(41)36(50)48-11-6-8-28(48)35-43-18-27(45-35)22-10-13-47(30-16-23(22)30)33-24(39)14-21(15-25(33)40)26-17-42-34(44-26)29-9-7-12-49(29)37(51)32(20(3)4)46-38(52)53-5/h14-15,17-20,22-23,28-32H,6-13,16,41H2,1-5H3,(H,42,44)(H,43,45)(H,46,52)/t22?,23-,28+,29+,30?,31+,32+/m1/s1. The number of likely N-dealkylation sites (tertiary alicyclic amines) is 2. The number of hydrogen-bond acceptors (Lipinski definition) is 8. The maximum absolute atomic E-state index is 15.9. The van der Waals surface area contributed by atoms with Crippen molar-refractivity contribution in [3.05, 3.63) is 53.5 Å². The zero-order chi connectivity index (χ0) is 37.7. The van der Waals surface area contributed by atoms with E-state index in [1.807, 2.05) is 43.7 Å². The van der Waals surface area contributed by atoms with E-state index in [1.165, 1.54) is 25.4 Å². The molecule has 286 valence electrons. The van der Waals surface area contributed by atoms with Gasteiger partial charge in [-0.15, -0.1) is 0 Å². The zero-order valence-electron chi connectivity index (χ0n) is 31.1. The van der Waals surface area contributed by atoms with Crippen LogP contribution in [-0.2, 0) is 14.3 Å². The molecule has 4 aliphatic rings. The van der Waals surface area contributed by atoms with Crippen molar-refractivity contribution in [3.63, 3.8) is 0 Å². The number of hydrogen-bond donors (Lipinski definition) is 4. The van der Waals surface area contributed by atoms with E-state index in [0.717, 1.165) is 37.2 Å². The third kappa shape index (κ3) is 6.99. The summed E-state index contributed by atoms with van der Waals surface area (Å²) >= 11 is 0. The number of imidazole rings is 2. The maximum atomic E-state index is 15.9. The quantitative estimate of drug-likeness (QED) is 0.222. The van der Waals surface area contributed by atoms with Crippen LogP contribution >= 0.6 is 0 Å². The molecule has 3 aliphatic heterocycles. The van der Waals surface area contributed by atoms with E-state index in [0.29, 0.717) is 49.6 Å². The van der Waals surface area contributed by atoms with E-state index < -0.39 is 29.8 Å². The van der Waals surface area contributed by atoms with Crippen molar-refractivity contribution in [2.24, 2.45) is 23.5 Å². The van der Waals surface area contributed by atoms with Crippen molar-refractivity contribution in [2.45, 2.75) is 102 Å². The molecule has 53 heavy (non-hydrogen) atoms. The number of aromatic amines is 2. The molecular weight excluding hydrogens is 684 g/mol. The topological polar surface area (TPSA) is 166 Å². The fraction of sp³-hybridized carbons (Fsp3) is 0.605. The Morgan fingerprint density at radius 3 is 2.13 bits per heavy atom. The maximum Gasteiger partial charge on any atom is 0.407 e. The molecule has 3 aromatic rings. The highest BCUT2D eigenvalue weighted by atomic mass is 19.1. The van der Waals surface area contributed by atoms with Crippen LogP contribution in [0.5, 0.6) is 0 Å². The molecule has 7 rings (SSSR count). The van der Waals surface area contributed by atoms with Crippen LogP contribution in [0, 0.1) is 29.4 Å².